The Kier molecular flexibility index (Phi) is 5.41. The maximum atomic E-state index is 13.4. The number of fused-ring (bicyclic) bond motifs is 1. The van der Waals surface area contributed by atoms with Gasteiger partial charge in [-0.1, -0.05) is 0 Å². The number of thiazole rings is 1. The fourth-order valence-corrected chi connectivity index (χ4v) is 6.67. The number of nitrogens with zero attached hydrogens (tertiary/aromatic N) is 3. The van der Waals surface area contributed by atoms with Crippen LogP contribution in [0.2, 0.25) is 0 Å². The molecular formula is C20H24N4O4S2. The van der Waals surface area contributed by atoms with E-state index in [0.29, 0.717) is 30.9 Å². The van der Waals surface area contributed by atoms with Crippen molar-refractivity contribution in [3.8, 4) is 0 Å². The lowest BCUT2D eigenvalue weighted by atomic mass is 10.1. The van der Waals surface area contributed by atoms with Gasteiger partial charge in [0.15, 0.2) is 5.13 Å². The molecule has 2 unspecified atom stereocenters. The van der Waals surface area contributed by atoms with E-state index in [1.54, 1.807) is 17.0 Å². The summed E-state index contributed by atoms with van der Waals surface area (Å²) in [6, 6.07) is 4.08. The van der Waals surface area contributed by atoms with Crippen molar-refractivity contribution in [1.82, 2.24) is 9.29 Å². The number of carbonyl (C=O) groups is 2. The zero-order valence-corrected chi connectivity index (χ0v) is 18.7. The summed E-state index contributed by atoms with van der Waals surface area (Å²) in [5, 5.41) is 5.04. The summed E-state index contributed by atoms with van der Waals surface area (Å²) in [6.07, 6.45) is 1.69. The van der Waals surface area contributed by atoms with Gasteiger partial charge >= 0.3 is 0 Å². The average molecular weight is 449 g/mol. The predicted molar refractivity (Wildman–Crippen MR) is 115 cm³/mol. The maximum absolute atomic E-state index is 13.4. The molecule has 2 aliphatic heterocycles. The quantitative estimate of drug-likeness (QED) is 0.775. The molecule has 1 aromatic heterocycles. The van der Waals surface area contributed by atoms with Gasteiger partial charge in [0.2, 0.25) is 21.8 Å². The Morgan fingerprint density at radius 1 is 1.30 bits per heavy atom. The van der Waals surface area contributed by atoms with Crippen LogP contribution in [0.1, 0.15) is 37.9 Å². The Morgan fingerprint density at radius 3 is 2.73 bits per heavy atom. The Morgan fingerprint density at radius 2 is 2.07 bits per heavy atom. The number of amides is 2. The standard InChI is InChI=1S/C20H24N4O4S2/c1-12-11-29-20(21-12)22-19(26)18-5-4-8-23(18)30(27,28)16-6-7-17-15(10-16)9-13(2)24(17)14(3)25/h6-7,10-11,13,18H,4-5,8-9H2,1-3H3,(H,21,22,26). The molecule has 0 radical (unpaired) electrons. The van der Waals surface area contributed by atoms with Crippen LogP contribution < -0.4 is 10.2 Å². The van der Waals surface area contributed by atoms with Crippen molar-refractivity contribution in [3.63, 3.8) is 0 Å². The zero-order chi connectivity index (χ0) is 21.6. The number of hydrogen-bond donors (Lipinski definition) is 1. The second kappa shape index (κ2) is 7.75. The first-order valence-electron chi connectivity index (χ1n) is 9.86. The van der Waals surface area contributed by atoms with Gasteiger partial charge in [-0.05, 0) is 56.9 Å². The molecule has 1 saturated heterocycles. The number of aromatic nitrogens is 1. The molecular weight excluding hydrogens is 424 g/mol. The van der Waals surface area contributed by atoms with Crippen LogP contribution in [-0.4, -0.2) is 48.1 Å². The normalized spacial score (nSPS) is 21.6. The molecule has 2 amide bonds. The molecule has 2 atom stereocenters. The van der Waals surface area contributed by atoms with Crippen LogP contribution in [0.4, 0.5) is 10.8 Å². The molecule has 1 aromatic carbocycles. The van der Waals surface area contributed by atoms with Crippen LogP contribution in [0.25, 0.3) is 0 Å². The molecule has 10 heteroatoms. The first-order chi connectivity index (χ1) is 14.2. The van der Waals surface area contributed by atoms with Gasteiger partial charge in [0.1, 0.15) is 6.04 Å². The van der Waals surface area contributed by atoms with Gasteiger partial charge < -0.3 is 10.2 Å². The number of anilines is 2. The lowest BCUT2D eigenvalue weighted by molar-refractivity contribution is -0.119. The number of nitrogens with one attached hydrogen (secondary N) is 1. The Hall–Kier alpha value is -2.30. The topological polar surface area (TPSA) is 99.7 Å². The van der Waals surface area contributed by atoms with Crippen molar-refractivity contribution in [3.05, 3.63) is 34.8 Å². The third-order valence-electron chi connectivity index (χ3n) is 5.57. The third kappa shape index (κ3) is 3.63. The van der Waals surface area contributed by atoms with Gasteiger partial charge in [0, 0.05) is 30.6 Å². The number of sulfonamides is 1. The lowest BCUT2D eigenvalue weighted by Crippen LogP contribution is -2.43. The Balaban J connectivity index is 1.59. The van der Waals surface area contributed by atoms with E-state index in [4.69, 9.17) is 0 Å². The van der Waals surface area contributed by atoms with Crippen LogP contribution in [0.3, 0.4) is 0 Å². The van der Waals surface area contributed by atoms with E-state index in [-0.39, 0.29) is 22.8 Å². The summed E-state index contributed by atoms with van der Waals surface area (Å²) >= 11 is 1.31. The molecule has 2 aliphatic rings. The van der Waals surface area contributed by atoms with Crippen LogP contribution in [0, 0.1) is 6.92 Å². The second-order valence-corrected chi connectivity index (χ2v) is 10.5. The van der Waals surface area contributed by atoms with E-state index in [2.05, 4.69) is 10.3 Å². The fourth-order valence-electron chi connectivity index (χ4n) is 4.27. The molecule has 160 valence electrons. The van der Waals surface area contributed by atoms with E-state index in [0.717, 1.165) is 16.9 Å². The number of hydrogen-bond acceptors (Lipinski definition) is 6. The van der Waals surface area contributed by atoms with Gasteiger partial charge in [-0.15, -0.1) is 11.3 Å². The first kappa shape index (κ1) is 21.0. The highest BCUT2D eigenvalue weighted by molar-refractivity contribution is 7.89. The van der Waals surface area contributed by atoms with Crippen molar-refractivity contribution in [2.24, 2.45) is 0 Å². The molecule has 0 bridgehead atoms. The molecule has 30 heavy (non-hydrogen) atoms. The molecule has 1 N–H and O–H groups in total. The SMILES string of the molecule is CC(=O)N1c2ccc(S(=O)(=O)N3CCCC3C(=O)Nc3nc(C)cs3)cc2CC1C. The van der Waals surface area contributed by atoms with Crippen molar-refractivity contribution in [2.75, 3.05) is 16.8 Å². The highest BCUT2D eigenvalue weighted by Gasteiger charge is 2.40. The van der Waals surface area contributed by atoms with Crippen molar-refractivity contribution < 1.29 is 18.0 Å². The third-order valence-corrected chi connectivity index (χ3v) is 8.35. The molecule has 0 aliphatic carbocycles. The van der Waals surface area contributed by atoms with Crippen LogP contribution in [0.15, 0.2) is 28.5 Å². The van der Waals surface area contributed by atoms with Gasteiger partial charge in [-0.3, -0.25) is 9.59 Å². The van der Waals surface area contributed by atoms with Gasteiger partial charge in [0.25, 0.3) is 0 Å². The number of carbonyl (C=O) groups excluding carboxylic acids is 2. The minimum atomic E-state index is -3.84. The minimum Gasteiger partial charge on any atom is -0.309 e. The maximum Gasteiger partial charge on any atom is 0.244 e. The summed E-state index contributed by atoms with van der Waals surface area (Å²) in [6.45, 7) is 5.58. The van der Waals surface area contributed by atoms with Gasteiger partial charge in [-0.25, -0.2) is 13.4 Å². The van der Waals surface area contributed by atoms with E-state index in [1.165, 1.54) is 28.6 Å². The molecule has 1 fully saturated rings. The molecule has 0 saturated carbocycles. The molecule has 2 aromatic rings. The number of aryl methyl sites for hydroxylation is 1. The molecule has 4 rings (SSSR count). The summed E-state index contributed by atoms with van der Waals surface area (Å²) < 4.78 is 28.0. The Bertz CT molecular complexity index is 1110. The highest BCUT2D eigenvalue weighted by Crippen LogP contribution is 2.35. The van der Waals surface area contributed by atoms with Gasteiger partial charge in [-0.2, -0.15) is 4.31 Å². The lowest BCUT2D eigenvalue weighted by Gasteiger charge is -2.24. The van der Waals surface area contributed by atoms with E-state index in [1.807, 2.05) is 19.2 Å². The van der Waals surface area contributed by atoms with E-state index >= 15 is 0 Å². The summed E-state index contributed by atoms with van der Waals surface area (Å²) in [4.78, 5) is 30.8. The predicted octanol–water partition coefficient (Wildman–Crippen LogP) is 2.54. The molecule has 0 spiro atoms. The van der Waals surface area contributed by atoms with E-state index in [9.17, 15) is 18.0 Å². The second-order valence-electron chi connectivity index (χ2n) is 7.79. The number of rotatable bonds is 4. The number of benzene rings is 1. The van der Waals surface area contributed by atoms with Gasteiger partial charge in [0.05, 0.1) is 10.6 Å². The molecule has 8 nitrogen and oxygen atoms in total. The van der Waals surface area contributed by atoms with Crippen molar-refractivity contribution >= 4 is 44.0 Å². The summed E-state index contributed by atoms with van der Waals surface area (Å²) in [7, 11) is -3.84. The largest absolute Gasteiger partial charge is 0.309 e. The monoisotopic (exact) mass is 448 g/mol. The average Bonchev–Trinajstić information content (AvgIpc) is 3.38. The fraction of sp³-hybridized carbons (Fsp3) is 0.450. The summed E-state index contributed by atoms with van der Waals surface area (Å²) in [5.74, 6) is -0.423. The zero-order valence-electron chi connectivity index (χ0n) is 17.1. The minimum absolute atomic E-state index is 0.0116. The van der Waals surface area contributed by atoms with Crippen molar-refractivity contribution in [1.29, 1.82) is 0 Å². The molecule has 3 heterocycles. The first-order valence-corrected chi connectivity index (χ1v) is 12.2. The smallest absolute Gasteiger partial charge is 0.244 e. The van der Waals surface area contributed by atoms with Crippen LogP contribution in [-0.2, 0) is 26.0 Å². The Labute approximate surface area is 180 Å². The van der Waals surface area contributed by atoms with Crippen LogP contribution >= 0.6 is 11.3 Å². The van der Waals surface area contributed by atoms with E-state index < -0.39 is 16.1 Å². The van der Waals surface area contributed by atoms with Crippen molar-refractivity contribution in [2.45, 2.75) is 57.0 Å². The highest BCUT2D eigenvalue weighted by atomic mass is 32.2. The van der Waals surface area contributed by atoms with Crippen LogP contribution in [0.5, 0.6) is 0 Å². The summed E-state index contributed by atoms with van der Waals surface area (Å²) in [5.41, 5.74) is 2.39.